The number of carbonyl (C=O) groups is 3. The van der Waals surface area contributed by atoms with E-state index in [0.29, 0.717) is 16.3 Å². The van der Waals surface area contributed by atoms with E-state index >= 15 is 0 Å². The summed E-state index contributed by atoms with van der Waals surface area (Å²) in [4.78, 5) is 41.6. The van der Waals surface area contributed by atoms with Crippen molar-refractivity contribution in [1.29, 1.82) is 0 Å². The quantitative estimate of drug-likeness (QED) is 0.790. The Morgan fingerprint density at radius 3 is 2.63 bits per heavy atom. The van der Waals surface area contributed by atoms with Crippen LogP contribution in [0.1, 0.15) is 11.1 Å². The highest BCUT2D eigenvalue weighted by Gasteiger charge is 2.49. The van der Waals surface area contributed by atoms with Gasteiger partial charge in [0.1, 0.15) is 6.04 Å². The molecular formula is C22H21ClN4O3. The number of halogens is 1. The van der Waals surface area contributed by atoms with Gasteiger partial charge in [0, 0.05) is 24.0 Å². The Bertz CT molecular complexity index is 1050. The molecule has 7 nitrogen and oxygen atoms in total. The number of nitrogens with one attached hydrogen (secondary N) is 2. The second kappa shape index (κ2) is 7.84. The van der Waals surface area contributed by atoms with Crippen molar-refractivity contribution in [3.8, 4) is 0 Å². The second-order valence-electron chi connectivity index (χ2n) is 7.45. The average Bonchev–Trinajstić information content (AvgIpc) is 3.05. The lowest BCUT2D eigenvalue weighted by atomic mass is 9.99. The first-order valence-electron chi connectivity index (χ1n) is 9.52. The van der Waals surface area contributed by atoms with Gasteiger partial charge in [0.2, 0.25) is 0 Å². The Labute approximate surface area is 179 Å². The summed E-state index contributed by atoms with van der Waals surface area (Å²) < 4.78 is 0. The van der Waals surface area contributed by atoms with Gasteiger partial charge in [-0.15, -0.1) is 0 Å². The maximum absolute atomic E-state index is 13.1. The van der Waals surface area contributed by atoms with E-state index in [2.05, 4.69) is 10.6 Å². The molecule has 0 aromatic heterocycles. The molecule has 0 saturated carbocycles. The zero-order valence-corrected chi connectivity index (χ0v) is 17.3. The van der Waals surface area contributed by atoms with Crippen LogP contribution in [0.5, 0.6) is 0 Å². The maximum Gasteiger partial charge on any atom is 0.325 e. The minimum absolute atomic E-state index is 0.172. The van der Waals surface area contributed by atoms with Gasteiger partial charge in [-0.3, -0.25) is 14.5 Å². The van der Waals surface area contributed by atoms with Crippen molar-refractivity contribution in [1.82, 2.24) is 15.1 Å². The highest BCUT2D eigenvalue weighted by molar-refractivity contribution is 6.31. The van der Waals surface area contributed by atoms with Crippen LogP contribution >= 0.6 is 11.6 Å². The number of benzene rings is 2. The monoisotopic (exact) mass is 424 g/mol. The molecule has 0 spiro atoms. The smallest absolute Gasteiger partial charge is 0.325 e. The van der Waals surface area contributed by atoms with Gasteiger partial charge in [-0.25, -0.2) is 4.79 Å². The molecule has 154 valence electrons. The third kappa shape index (κ3) is 3.64. The number of imide groups is 1. The maximum atomic E-state index is 13.1. The van der Waals surface area contributed by atoms with Crippen LogP contribution < -0.4 is 10.6 Å². The largest absolute Gasteiger partial charge is 0.366 e. The fourth-order valence-corrected chi connectivity index (χ4v) is 3.94. The Kier molecular flexibility index (Phi) is 5.22. The number of nitrogens with zero attached hydrogens (tertiary/aromatic N) is 2. The van der Waals surface area contributed by atoms with Crippen LogP contribution in [0, 0.1) is 6.92 Å². The molecular weight excluding hydrogens is 404 g/mol. The molecule has 2 aromatic rings. The van der Waals surface area contributed by atoms with E-state index in [1.807, 2.05) is 43.3 Å². The standard InChI is InChI=1S/C22H21ClN4O3/c1-13-8-9-15(23)10-17(13)24-20(28)16-12-26(2)19-18(16)25-22(30)27(21(19)29)11-14-6-4-3-5-7-14/h3-10,12,18-19H,11H2,1-2H3,(H,24,28)(H,25,30). The van der Waals surface area contributed by atoms with Crippen molar-refractivity contribution in [3.05, 3.63) is 76.5 Å². The molecule has 0 radical (unpaired) electrons. The number of hydrogen-bond donors (Lipinski definition) is 2. The molecule has 1 fully saturated rings. The summed E-state index contributed by atoms with van der Waals surface area (Å²) in [6.07, 6.45) is 1.61. The van der Waals surface area contributed by atoms with Gasteiger partial charge < -0.3 is 15.5 Å². The Morgan fingerprint density at radius 1 is 1.17 bits per heavy atom. The van der Waals surface area contributed by atoms with Crippen molar-refractivity contribution in [2.45, 2.75) is 25.6 Å². The van der Waals surface area contributed by atoms with Gasteiger partial charge in [0.05, 0.1) is 18.2 Å². The number of likely N-dealkylation sites (N-methyl/N-ethyl adjacent to an activating group) is 1. The fourth-order valence-electron chi connectivity index (χ4n) is 3.77. The molecule has 4 rings (SSSR count). The minimum atomic E-state index is -0.721. The summed E-state index contributed by atoms with van der Waals surface area (Å²) in [5, 5.41) is 6.16. The lowest BCUT2D eigenvalue weighted by molar-refractivity contribution is -0.134. The molecule has 2 unspecified atom stereocenters. The summed E-state index contributed by atoms with van der Waals surface area (Å²) in [5.41, 5.74) is 2.61. The second-order valence-corrected chi connectivity index (χ2v) is 7.88. The predicted molar refractivity (Wildman–Crippen MR) is 114 cm³/mol. The molecule has 4 amide bonds. The van der Waals surface area contributed by atoms with Crippen LogP contribution in [0.15, 0.2) is 60.3 Å². The van der Waals surface area contributed by atoms with Crippen molar-refractivity contribution in [2.24, 2.45) is 0 Å². The first-order valence-corrected chi connectivity index (χ1v) is 9.90. The van der Waals surface area contributed by atoms with Crippen molar-refractivity contribution < 1.29 is 14.4 Å². The molecule has 2 heterocycles. The lowest BCUT2D eigenvalue weighted by Crippen LogP contribution is -2.64. The zero-order valence-electron chi connectivity index (χ0n) is 16.6. The molecule has 30 heavy (non-hydrogen) atoms. The van der Waals surface area contributed by atoms with Crippen molar-refractivity contribution in [2.75, 3.05) is 12.4 Å². The molecule has 0 aliphatic carbocycles. The normalized spacial score (nSPS) is 20.6. The summed E-state index contributed by atoms with van der Waals surface area (Å²) in [6.45, 7) is 2.03. The Morgan fingerprint density at radius 2 is 1.90 bits per heavy atom. The zero-order chi connectivity index (χ0) is 21.4. The molecule has 0 bridgehead atoms. The highest BCUT2D eigenvalue weighted by atomic mass is 35.5. The van der Waals surface area contributed by atoms with Gasteiger partial charge in [-0.05, 0) is 30.2 Å². The van der Waals surface area contributed by atoms with E-state index in [-0.39, 0.29) is 18.4 Å². The molecule has 2 aliphatic rings. The SMILES string of the molecule is Cc1ccc(Cl)cc1NC(=O)C1=CN(C)C2C(=O)N(Cc3ccccc3)C(=O)NC12. The summed E-state index contributed by atoms with van der Waals surface area (Å²) in [7, 11) is 1.72. The summed E-state index contributed by atoms with van der Waals surface area (Å²) in [6, 6.07) is 12.6. The highest BCUT2D eigenvalue weighted by Crippen LogP contribution is 2.29. The molecule has 8 heteroatoms. The Balaban J connectivity index is 1.53. The van der Waals surface area contributed by atoms with E-state index in [1.165, 1.54) is 4.90 Å². The number of anilines is 1. The molecule has 1 saturated heterocycles. The van der Waals surface area contributed by atoms with Crippen LogP contribution in [0.2, 0.25) is 5.02 Å². The van der Waals surface area contributed by atoms with Crippen LogP contribution in [0.4, 0.5) is 10.5 Å². The molecule has 2 atom stereocenters. The predicted octanol–water partition coefficient (Wildman–Crippen LogP) is 2.91. The van der Waals surface area contributed by atoms with Crippen molar-refractivity contribution in [3.63, 3.8) is 0 Å². The number of fused-ring (bicyclic) bond motifs is 1. The van der Waals surface area contributed by atoms with Crippen LogP contribution in [-0.2, 0) is 16.1 Å². The topological polar surface area (TPSA) is 81.8 Å². The van der Waals surface area contributed by atoms with E-state index in [4.69, 9.17) is 11.6 Å². The first-order chi connectivity index (χ1) is 14.3. The number of carbonyl (C=O) groups excluding carboxylic acids is 3. The van der Waals surface area contributed by atoms with E-state index in [9.17, 15) is 14.4 Å². The number of urea groups is 1. The summed E-state index contributed by atoms with van der Waals surface area (Å²) >= 11 is 6.03. The van der Waals surface area contributed by atoms with Crippen LogP contribution in [-0.4, -0.2) is 46.8 Å². The van der Waals surface area contributed by atoms with Gasteiger partial charge in [-0.1, -0.05) is 48.0 Å². The third-order valence-corrected chi connectivity index (χ3v) is 5.60. The van der Waals surface area contributed by atoms with E-state index < -0.39 is 18.1 Å². The van der Waals surface area contributed by atoms with Crippen LogP contribution in [0.25, 0.3) is 0 Å². The molecule has 2 N–H and O–H groups in total. The number of aryl methyl sites for hydroxylation is 1. The van der Waals surface area contributed by atoms with Crippen LogP contribution in [0.3, 0.4) is 0 Å². The molecule has 2 aliphatic heterocycles. The average molecular weight is 425 g/mol. The van der Waals surface area contributed by atoms with Gasteiger partial charge in [0.25, 0.3) is 11.8 Å². The minimum Gasteiger partial charge on any atom is -0.366 e. The lowest BCUT2D eigenvalue weighted by Gasteiger charge is -2.37. The van der Waals surface area contributed by atoms with E-state index in [1.54, 1.807) is 30.3 Å². The van der Waals surface area contributed by atoms with Crippen molar-refractivity contribution >= 4 is 35.1 Å². The fraction of sp³-hybridized carbons (Fsp3) is 0.227. The number of hydrogen-bond acceptors (Lipinski definition) is 4. The summed E-state index contributed by atoms with van der Waals surface area (Å²) in [5.74, 6) is -0.725. The third-order valence-electron chi connectivity index (χ3n) is 5.37. The Hall–Kier alpha value is -3.32. The molecule has 2 aromatic carbocycles. The van der Waals surface area contributed by atoms with E-state index in [0.717, 1.165) is 11.1 Å². The number of amides is 4. The number of rotatable bonds is 4. The van der Waals surface area contributed by atoms with Gasteiger partial charge >= 0.3 is 6.03 Å². The first kappa shape index (κ1) is 20.0. The van der Waals surface area contributed by atoms with Gasteiger partial charge in [0.15, 0.2) is 0 Å². The van der Waals surface area contributed by atoms with Gasteiger partial charge in [-0.2, -0.15) is 0 Å².